The van der Waals surface area contributed by atoms with E-state index in [2.05, 4.69) is 20.5 Å². The van der Waals surface area contributed by atoms with E-state index in [1.54, 1.807) is 36.0 Å². The normalized spacial score (nSPS) is 12.3. The van der Waals surface area contributed by atoms with Crippen LogP contribution in [0, 0.1) is 0 Å². The molecule has 1 amide bonds. The summed E-state index contributed by atoms with van der Waals surface area (Å²) < 4.78 is 1.72. The second kappa shape index (κ2) is 5.73. The third-order valence-electron chi connectivity index (χ3n) is 3.46. The van der Waals surface area contributed by atoms with Crippen LogP contribution in [0.3, 0.4) is 0 Å². The minimum absolute atomic E-state index is 0.199. The van der Waals surface area contributed by atoms with Crippen molar-refractivity contribution < 1.29 is 4.79 Å². The lowest BCUT2D eigenvalue weighted by molar-refractivity contribution is 0.0931. The average Bonchev–Trinajstić information content (AvgIpc) is 2.85. The number of amides is 1. The number of carbonyl (C=O) groups excluding carboxylic acids is 1. The van der Waals surface area contributed by atoms with E-state index in [9.17, 15) is 4.79 Å². The molecule has 0 aliphatic rings. The van der Waals surface area contributed by atoms with Gasteiger partial charge >= 0.3 is 0 Å². The minimum atomic E-state index is -0.240. The number of pyridine rings is 1. The fourth-order valence-corrected chi connectivity index (χ4v) is 2.43. The molecule has 0 saturated carbocycles. The van der Waals surface area contributed by atoms with Crippen LogP contribution >= 0.6 is 11.6 Å². The highest BCUT2D eigenvalue weighted by atomic mass is 35.5. The quantitative estimate of drug-likeness (QED) is 0.754. The molecule has 3 heterocycles. The Morgan fingerprint density at radius 1 is 1.36 bits per heavy atom. The first-order valence-electron chi connectivity index (χ1n) is 6.76. The highest BCUT2D eigenvalue weighted by Crippen LogP contribution is 2.20. The number of halogens is 1. The lowest BCUT2D eigenvalue weighted by Crippen LogP contribution is -2.28. The number of aromatic nitrogens is 4. The van der Waals surface area contributed by atoms with Gasteiger partial charge in [0.15, 0.2) is 0 Å². The number of hydrogen-bond acceptors (Lipinski definition) is 4. The Labute approximate surface area is 132 Å². The molecule has 0 aliphatic carbocycles. The van der Waals surface area contributed by atoms with E-state index in [1.807, 2.05) is 19.1 Å². The molecule has 1 atom stereocenters. The Morgan fingerprint density at radius 3 is 2.91 bits per heavy atom. The highest BCUT2D eigenvalue weighted by molar-refractivity contribution is 6.29. The van der Waals surface area contributed by atoms with Crippen LogP contribution in [0.2, 0.25) is 5.15 Å². The average molecular weight is 316 g/mol. The maximum Gasteiger partial charge on any atom is 0.268 e. The summed E-state index contributed by atoms with van der Waals surface area (Å²) in [5.41, 5.74) is 1.89. The zero-order chi connectivity index (χ0) is 15.7. The van der Waals surface area contributed by atoms with Crippen molar-refractivity contribution in [2.45, 2.75) is 13.0 Å². The zero-order valence-corrected chi connectivity index (χ0v) is 12.9. The van der Waals surface area contributed by atoms with Crippen molar-refractivity contribution in [3.63, 3.8) is 0 Å². The van der Waals surface area contributed by atoms with E-state index >= 15 is 0 Å². The van der Waals surface area contributed by atoms with Crippen molar-refractivity contribution in [3.05, 3.63) is 53.1 Å². The van der Waals surface area contributed by atoms with Gasteiger partial charge in [-0.3, -0.25) is 4.79 Å². The van der Waals surface area contributed by atoms with Crippen molar-refractivity contribution >= 4 is 28.5 Å². The topological polar surface area (TPSA) is 72.7 Å². The first-order chi connectivity index (χ1) is 10.6. The molecular formula is C15H14ClN5O. The maximum atomic E-state index is 12.5. The van der Waals surface area contributed by atoms with Crippen LogP contribution in [0.4, 0.5) is 0 Å². The summed E-state index contributed by atoms with van der Waals surface area (Å²) in [6, 6.07) is 8.70. The van der Waals surface area contributed by atoms with E-state index < -0.39 is 0 Å². The highest BCUT2D eigenvalue weighted by Gasteiger charge is 2.17. The van der Waals surface area contributed by atoms with Gasteiger partial charge in [0, 0.05) is 18.6 Å². The molecule has 3 rings (SSSR count). The number of rotatable bonds is 3. The number of fused-ring (bicyclic) bond motifs is 1. The Bertz CT molecular complexity index is 831. The molecule has 3 aromatic rings. The van der Waals surface area contributed by atoms with Gasteiger partial charge in [0.1, 0.15) is 16.5 Å². The fourth-order valence-electron chi connectivity index (χ4n) is 2.28. The lowest BCUT2D eigenvalue weighted by Gasteiger charge is -2.13. The van der Waals surface area contributed by atoms with Crippen LogP contribution in [0.5, 0.6) is 0 Å². The molecule has 0 bridgehead atoms. The van der Waals surface area contributed by atoms with E-state index in [-0.39, 0.29) is 11.9 Å². The molecule has 112 valence electrons. The van der Waals surface area contributed by atoms with Crippen molar-refractivity contribution in [1.82, 2.24) is 25.1 Å². The maximum absolute atomic E-state index is 12.5. The lowest BCUT2D eigenvalue weighted by atomic mass is 10.2. The van der Waals surface area contributed by atoms with E-state index in [0.717, 1.165) is 5.39 Å². The third kappa shape index (κ3) is 2.65. The van der Waals surface area contributed by atoms with E-state index in [1.165, 1.54) is 0 Å². The molecule has 0 aliphatic heterocycles. The molecule has 0 saturated heterocycles. The number of hydrogen-bond donors (Lipinski definition) is 1. The van der Waals surface area contributed by atoms with Crippen LogP contribution in [0.15, 0.2) is 36.5 Å². The van der Waals surface area contributed by atoms with Gasteiger partial charge in [-0.25, -0.2) is 4.98 Å². The van der Waals surface area contributed by atoms with Gasteiger partial charge < -0.3 is 9.88 Å². The van der Waals surface area contributed by atoms with Gasteiger partial charge in [0.05, 0.1) is 11.7 Å². The van der Waals surface area contributed by atoms with Crippen molar-refractivity contribution in [2.75, 3.05) is 0 Å². The molecule has 0 aromatic carbocycles. The number of nitrogens with zero attached hydrogens (tertiary/aromatic N) is 4. The predicted molar refractivity (Wildman–Crippen MR) is 83.6 cm³/mol. The molecule has 0 spiro atoms. The molecule has 22 heavy (non-hydrogen) atoms. The first-order valence-corrected chi connectivity index (χ1v) is 7.14. The Kier molecular flexibility index (Phi) is 3.77. The largest absolute Gasteiger partial charge is 0.343 e. The van der Waals surface area contributed by atoms with E-state index in [4.69, 9.17) is 11.6 Å². The first kappa shape index (κ1) is 14.5. The van der Waals surface area contributed by atoms with Gasteiger partial charge in [-0.05, 0) is 37.3 Å². The van der Waals surface area contributed by atoms with Gasteiger partial charge in [-0.1, -0.05) is 11.6 Å². The second-order valence-electron chi connectivity index (χ2n) is 4.98. The molecule has 6 nitrogen and oxygen atoms in total. The number of carbonyl (C=O) groups is 1. The van der Waals surface area contributed by atoms with Crippen LogP contribution in [-0.2, 0) is 7.05 Å². The monoisotopic (exact) mass is 315 g/mol. The fraction of sp³-hybridized carbons (Fsp3) is 0.200. The summed E-state index contributed by atoms with van der Waals surface area (Å²) in [7, 11) is 1.79. The third-order valence-corrected chi connectivity index (χ3v) is 3.67. The molecule has 7 heteroatoms. The van der Waals surface area contributed by atoms with Crippen molar-refractivity contribution in [1.29, 1.82) is 0 Å². The summed E-state index contributed by atoms with van der Waals surface area (Å²) in [4.78, 5) is 16.7. The molecular weight excluding hydrogens is 302 g/mol. The van der Waals surface area contributed by atoms with Crippen LogP contribution in [0.25, 0.3) is 11.0 Å². The van der Waals surface area contributed by atoms with Gasteiger partial charge in [-0.15, -0.1) is 0 Å². The van der Waals surface area contributed by atoms with Gasteiger partial charge in [0.25, 0.3) is 5.91 Å². The Morgan fingerprint density at radius 2 is 2.18 bits per heavy atom. The number of aryl methyl sites for hydroxylation is 1. The smallest absolute Gasteiger partial charge is 0.268 e. The van der Waals surface area contributed by atoms with Gasteiger partial charge in [0.2, 0.25) is 0 Å². The molecule has 1 N–H and O–H groups in total. The molecule has 0 radical (unpaired) electrons. The Hall–Kier alpha value is -2.47. The van der Waals surface area contributed by atoms with Crippen LogP contribution < -0.4 is 5.32 Å². The van der Waals surface area contributed by atoms with Gasteiger partial charge in [-0.2, -0.15) is 10.2 Å². The van der Waals surface area contributed by atoms with Crippen LogP contribution in [0.1, 0.15) is 29.1 Å². The summed E-state index contributed by atoms with van der Waals surface area (Å²) >= 11 is 5.90. The van der Waals surface area contributed by atoms with Crippen LogP contribution in [-0.4, -0.2) is 25.7 Å². The minimum Gasteiger partial charge on any atom is -0.343 e. The zero-order valence-electron chi connectivity index (χ0n) is 12.1. The molecule has 0 unspecified atom stereocenters. The summed E-state index contributed by atoms with van der Waals surface area (Å²) in [6.45, 7) is 1.86. The Balaban J connectivity index is 1.88. The van der Waals surface area contributed by atoms with E-state index in [0.29, 0.717) is 22.2 Å². The number of nitrogens with one attached hydrogen (secondary N) is 1. The predicted octanol–water partition coefficient (Wildman–Crippen LogP) is 2.51. The molecule has 0 fully saturated rings. The molecule has 3 aromatic heterocycles. The van der Waals surface area contributed by atoms with Crippen molar-refractivity contribution in [2.24, 2.45) is 7.05 Å². The second-order valence-corrected chi connectivity index (χ2v) is 5.37. The summed E-state index contributed by atoms with van der Waals surface area (Å²) in [5.74, 6) is -0.199. The SMILES string of the molecule is C[C@@H](NC(=O)c1cc2ccc(Cl)nc2n1C)c1cccnn1. The standard InChI is InChI=1S/C15H14ClN5O/c1-9(11-4-3-7-17-20-11)18-15(22)12-8-10-5-6-13(16)19-14(10)21(12)2/h3-9H,1-2H3,(H,18,22)/t9-/m1/s1. The summed E-state index contributed by atoms with van der Waals surface area (Å²) in [6.07, 6.45) is 1.59. The van der Waals surface area contributed by atoms with Crippen molar-refractivity contribution in [3.8, 4) is 0 Å². The summed E-state index contributed by atoms with van der Waals surface area (Å²) in [5, 5.41) is 12.0.